The Kier molecular flexibility index (Phi) is 7.99. The zero-order chi connectivity index (χ0) is 24.0. The molecule has 0 saturated carbocycles. The molecule has 2 amide bonds. The van der Waals surface area contributed by atoms with Crippen LogP contribution in [0, 0.1) is 6.92 Å². The van der Waals surface area contributed by atoms with Crippen molar-refractivity contribution in [3.63, 3.8) is 0 Å². The summed E-state index contributed by atoms with van der Waals surface area (Å²) in [5.74, 6) is -1.97. The maximum absolute atomic E-state index is 12.9. The third kappa shape index (κ3) is 6.07. The van der Waals surface area contributed by atoms with Crippen molar-refractivity contribution in [2.75, 3.05) is 22.6 Å². The highest BCUT2D eigenvalue weighted by Crippen LogP contribution is 2.20. The SMILES string of the molecule is Cc1ccc(N(CCCCl)C(=O)[C@H](O)[C@@H](O)C(=O)Nc2ccc(-c3noc(=O)[nH]3)cc2)cc1. The molecule has 0 radical (unpaired) electrons. The maximum atomic E-state index is 12.9. The van der Waals surface area contributed by atoms with Crippen LogP contribution < -0.4 is 16.0 Å². The van der Waals surface area contributed by atoms with Crippen LogP contribution in [0.15, 0.2) is 57.8 Å². The van der Waals surface area contributed by atoms with E-state index >= 15 is 0 Å². The highest BCUT2D eigenvalue weighted by atomic mass is 35.5. The van der Waals surface area contributed by atoms with Gasteiger partial charge in [0, 0.05) is 29.4 Å². The average molecular weight is 475 g/mol. The molecule has 3 aromatic rings. The summed E-state index contributed by atoms with van der Waals surface area (Å²) in [6.45, 7) is 2.11. The van der Waals surface area contributed by atoms with Crippen LogP contribution in [-0.4, -0.2) is 56.8 Å². The van der Waals surface area contributed by atoms with Gasteiger partial charge in [-0.15, -0.1) is 11.6 Å². The number of anilines is 2. The number of rotatable bonds is 9. The molecule has 0 unspecified atom stereocenters. The third-order valence-electron chi connectivity index (χ3n) is 4.81. The Balaban J connectivity index is 1.68. The van der Waals surface area contributed by atoms with E-state index in [4.69, 9.17) is 11.6 Å². The first-order chi connectivity index (χ1) is 15.8. The van der Waals surface area contributed by atoms with E-state index in [1.54, 1.807) is 24.3 Å². The van der Waals surface area contributed by atoms with Crippen molar-refractivity contribution in [2.45, 2.75) is 25.6 Å². The van der Waals surface area contributed by atoms with Gasteiger partial charge in [-0.2, -0.15) is 0 Å². The van der Waals surface area contributed by atoms with Gasteiger partial charge in [0.15, 0.2) is 18.0 Å². The van der Waals surface area contributed by atoms with Gasteiger partial charge >= 0.3 is 5.76 Å². The number of nitrogens with one attached hydrogen (secondary N) is 2. The molecule has 11 heteroatoms. The van der Waals surface area contributed by atoms with E-state index in [2.05, 4.69) is 20.0 Å². The van der Waals surface area contributed by atoms with E-state index in [0.29, 0.717) is 29.2 Å². The minimum atomic E-state index is -2.01. The molecule has 0 saturated heterocycles. The van der Waals surface area contributed by atoms with Gasteiger partial charge in [-0.3, -0.25) is 19.1 Å². The summed E-state index contributed by atoms with van der Waals surface area (Å²) in [7, 11) is 0. The number of aliphatic hydroxyl groups excluding tert-OH is 2. The predicted octanol–water partition coefficient (Wildman–Crippen LogP) is 1.66. The fourth-order valence-electron chi connectivity index (χ4n) is 3.03. The van der Waals surface area contributed by atoms with Gasteiger partial charge < -0.3 is 20.4 Å². The van der Waals surface area contributed by atoms with Crippen LogP contribution >= 0.6 is 11.6 Å². The number of aromatic amines is 1. The van der Waals surface area contributed by atoms with Crippen molar-refractivity contribution >= 4 is 34.8 Å². The number of halogens is 1. The first-order valence-corrected chi connectivity index (χ1v) is 10.6. The van der Waals surface area contributed by atoms with Crippen LogP contribution in [0.4, 0.5) is 11.4 Å². The molecule has 1 heterocycles. The van der Waals surface area contributed by atoms with Crippen LogP contribution in [0.5, 0.6) is 0 Å². The molecule has 3 rings (SSSR count). The van der Waals surface area contributed by atoms with E-state index in [1.165, 1.54) is 17.0 Å². The summed E-state index contributed by atoms with van der Waals surface area (Å²) in [6, 6.07) is 13.2. The topological polar surface area (TPSA) is 149 Å². The molecule has 0 aliphatic carbocycles. The third-order valence-corrected chi connectivity index (χ3v) is 5.08. The van der Waals surface area contributed by atoms with E-state index in [1.807, 2.05) is 19.1 Å². The number of alkyl halides is 1. The molecule has 33 heavy (non-hydrogen) atoms. The van der Waals surface area contributed by atoms with E-state index in [-0.39, 0.29) is 12.4 Å². The molecule has 0 aliphatic rings. The average Bonchev–Trinajstić information content (AvgIpc) is 3.26. The number of aliphatic hydroxyl groups is 2. The van der Waals surface area contributed by atoms with Crippen molar-refractivity contribution in [1.29, 1.82) is 0 Å². The number of aryl methyl sites for hydroxylation is 1. The van der Waals surface area contributed by atoms with Crippen molar-refractivity contribution in [3.8, 4) is 11.4 Å². The lowest BCUT2D eigenvalue weighted by atomic mass is 10.1. The molecule has 2 atom stereocenters. The molecule has 0 bridgehead atoms. The van der Waals surface area contributed by atoms with E-state index < -0.39 is 29.8 Å². The summed E-state index contributed by atoms with van der Waals surface area (Å²) >= 11 is 5.76. The van der Waals surface area contributed by atoms with Gasteiger partial charge in [-0.05, 0) is 49.7 Å². The molecule has 4 N–H and O–H groups in total. The Morgan fingerprint density at radius 1 is 1.12 bits per heavy atom. The second-order valence-corrected chi connectivity index (χ2v) is 7.65. The van der Waals surface area contributed by atoms with Gasteiger partial charge in [0.2, 0.25) is 0 Å². The number of aromatic nitrogens is 2. The normalized spacial score (nSPS) is 12.7. The number of hydrogen-bond donors (Lipinski definition) is 4. The Bertz CT molecular complexity index is 1140. The summed E-state index contributed by atoms with van der Waals surface area (Å²) in [5, 5.41) is 26.7. The summed E-state index contributed by atoms with van der Waals surface area (Å²) < 4.78 is 4.44. The molecule has 174 valence electrons. The Labute approximate surface area is 193 Å². The second kappa shape index (κ2) is 10.9. The number of benzene rings is 2. The number of carbonyl (C=O) groups excluding carboxylic acids is 2. The molecular formula is C22H23ClN4O6. The van der Waals surface area contributed by atoms with Crippen molar-refractivity contribution in [2.24, 2.45) is 0 Å². The summed E-state index contributed by atoms with van der Waals surface area (Å²) in [5.41, 5.74) is 2.33. The van der Waals surface area contributed by atoms with E-state index in [0.717, 1.165) is 5.56 Å². The monoisotopic (exact) mass is 474 g/mol. The number of hydrogen-bond acceptors (Lipinski definition) is 7. The summed E-state index contributed by atoms with van der Waals surface area (Å²) in [6.07, 6.45) is -3.53. The Hall–Kier alpha value is -3.47. The second-order valence-electron chi connectivity index (χ2n) is 7.27. The lowest BCUT2D eigenvalue weighted by molar-refractivity contribution is -0.141. The fourth-order valence-corrected chi connectivity index (χ4v) is 3.15. The van der Waals surface area contributed by atoms with Crippen LogP contribution in [0.2, 0.25) is 0 Å². The highest BCUT2D eigenvalue weighted by Gasteiger charge is 2.34. The molecule has 10 nitrogen and oxygen atoms in total. The zero-order valence-corrected chi connectivity index (χ0v) is 18.5. The molecule has 0 fully saturated rings. The predicted molar refractivity (Wildman–Crippen MR) is 122 cm³/mol. The van der Waals surface area contributed by atoms with Crippen molar-refractivity contribution in [3.05, 3.63) is 64.6 Å². The quantitative estimate of drug-likeness (QED) is 0.344. The number of carbonyl (C=O) groups is 2. The standard InChI is InChI=1S/C22H23ClN4O6/c1-13-3-9-16(10-4-13)27(12-2-11-23)21(31)18(29)17(28)20(30)24-15-7-5-14(6-8-15)19-25-22(32)33-26-19/h3-10,17-18,28-29H,2,11-12H2,1H3,(H,24,30)(H,25,26,32)/t17-,18-/m1/s1. The van der Waals surface area contributed by atoms with Gasteiger partial charge in [0.05, 0.1) is 0 Å². The van der Waals surface area contributed by atoms with E-state index in [9.17, 15) is 24.6 Å². The molecule has 0 spiro atoms. The molecule has 0 aliphatic heterocycles. The minimum Gasteiger partial charge on any atom is -0.380 e. The Morgan fingerprint density at radius 2 is 1.79 bits per heavy atom. The van der Waals surface area contributed by atoms with Crippen LogP contribution in [-0.2, 0) is 9.59 Å². The lowest BCUT2D eigenvalue weighted by Crippen LogP contribution is -2.49. The number of amides is 2. The highest BCUT2D eigenvalue weighted by molar-refractivity contribution is 6.17. The molecule has 1 aromatic heterocycles. The zero-order valence-electron chi connectivity index (χ0n) is 17.7. The largest absolute Gasteiger partial charge is 0.439 e. The van der Waals surface area contributed by atoms with Gasteiger partial charge in [0.25, 0.3) is 11.8 Å². The molecule has 2 aromatic carbocycles. The first-order valence-electron chi connectivity index (χ1n) is 10.1. The maximum Gasteiger partial charge on any atom is 0.439 e. The lowest BCUT2D eigenvalue weighted by Gasteiger charge is -2.27. The smallest absolute Gasteiger partial charge is 0.380 e. The van der Waals surface area contributed by atoms with Gasteiger partial charge in [0.1, 0.15) is 0 Å². The van der Waals surface area contributed by atoms with Crippen LogP contribution in [0.1, 0.15) is 12.0 Å². The van der Waals surface area contributed by atoms with Crippen LogP contribution in [0.25, 0.3) is 11.4 Å². The van der Waals surface area contributed by atoms with Gasteiger partial charge in [-0.25, -0.2) is 4.79 Å². The van der Waals surface area contributed by atoms with Crippen LogP contribution in [0.3, 0.4) is 0 Å². The Morgan fingerprint density at radius 3 is 2.36 bits per heavy atom. The van der Waals surface area contributed by atoms with Gasteiger partial charge in [-0.1, -0.05) is 22.9 Å². The number of nitrogens with zero attached hydrogens (tertiary/aromatic N) is 2. The summed E-state index contributed by atoms with van der Waals surface area (Å²) in [4.78, 5) is 40.1. The first kappa shape index (κ1) is 24.2. The van der Waals surface area contributed by atoms with Crippen molar-refractivity contribution in [1.82, 2.24) is 10.1 Å². The molecular weight excluding hydrogens is 452 g/mol. The fraction of sp³-hybridized carbons (Fsp3) is 0.273. The number of H-pyrrole nitrogens is 1. The minimum absolute atomic E-state index is 0.211. The van der Waals surface area contributed by atoms with Crippen molar-refractivity contribution < 1.29 is 24.3 Å².